The zero-order valence-corrected chi connectivity index (χ0v) is 16.0. The maximum atomic E-state index is 12.1. The molecule has 5 fully saturated rings. The minimum absolute atomic E-state index is 0.0670. The van der Waals surface area contributed by atoms with Crippen molar-refractivity contribution < 1.29 is 38.7 Å². The molecule has 0 aromatic heterocycles. The molecule has 0 radical (unpaired) electrons. The molecule has 0 amide bonds. The van der Waals surface area contributed by atoms with E-state index in [1.807, 2.05) is 13.8 Å². The first-order chi connectivity index (χ1) is 12.7. The quantitative estimate of drug-likeness (QED) is 0.583. The van der Waals surface area contributed by atoms with Gasteiger partial charge in [-0.05, 0) is 38.0 Å². The van der Waals surface area contributed by atoms with Crippen molar-refractivity contribution in [3.8, 4) is 0 Å². The predicted octanol–water partition coefficient (Wildman–Crippen LogP) is 2.60. The van der Waals surface area contributed by atoms with Crippen molar-refractivity contribution >= 4 is 11.9 Å². The normalized spacial score (nSPS) is 48.4. The first-order valence-electron chi connectivity index (χ1n) is 9.86. The number of carbonyl (C=O) groups excluding carboxylic acids is 1. The predicted molar refractivity (Wildman–Crippen MR) is 89.8 cm³/mol. The van der Waals surface area contributed by atoms with Crippen molar-refractivity contribution in [2.75, 3.05) is 0 Å². The van der Waals surface area contributed by atoms with Gasteiger partial charge in [0.2, 0.25) is 12.1 Å². The molecule has 1 aliphatic carbocycles. The summed E-state index contributed by atoms with van der Waals surface area (Å²) < 4.78 is 17.8. The van der Waals surface area contributed by atoms with Gasteiger partial charge in [-0.15, -0.1) is 0 Å². The van der Waals surface area contributed by atoms with Crippen LogP contribution in [0.4, 0.5) is 0 Å². The van der Waals surface area contributed by atoms with Crippen LogP contribution in [-0.2, 0) is 33.6 Å². The molecule has 8 atom stereocenters. The summed E-state index contributed by atoms with van der Waals surface area (Å²) in [7, 11) is 0. The largest absolute Gasteiger partial charge is 0.481 e. The molecule has 5 aliphatic rings. The number of carboxylic acid groups (broad SMARTS) is 1. The van der Waals surface area contributed by atoms with Gasteiger partial charge in [0.1, 0.15) is 0 Å². The molecule has 4 aliphatic heterocycles. The highest BCUT2D eigenvalue weighted by atomic mass is 17.3. The molecule has 8 nitrogen and oxygen atoms in total. The van der Waals surface area contributed by atoms with Crippen LogP contribution in [0.3, 0.4) is 0 Å². The summed E-state index contributed by atoms with van der Waals surface area (Å²) in [6.45, 7) is 6.06. The van der Waals surface area contributed by atoms with Gasteiger partial charge in [-0.1, -0.05) is 13.8 Å². The lowest BCUT2D eigenvalue weighted by molar-refractivity contribution is -0.576. The second-order valence-corrected chi connectivity index (χ2v) is 8.66. The maximum Gasteiger partial charge on any atom is 0.308 e. The molecule has 1 saturated carbocycles. The first kappa shape index (κ1) is 19.1. The monoisotopic (exact) mass is 384 g/mol. The number of carbonyl (C=O) groups is 2. The van der Waals surface area contributed by atoms with Crippen molar-refractivity contribution in [2.24, 2.45) is 23.7 Å². The topological polar surface area (TPSA) is 101 Å². The Bertz CT molecular complexity index is 623. The average molecular weight is 384 g/mol. The Balaban J connectivity index is 1.58. The van der Waals surface area contributed by atoms with E-state index in [0.717, 1.165) is 19.3 Å². The van der Waals surface area contributed by atoms with E-state index in [1.54, 1.807) is 0 Å². The van der Waals surface area contributed by atoms with Gasteiger partial charge in [0.25, 0.3) is 0 Å². The van der Waals surface area contributed by atoms with Crippen molar-refractivity contribution in [2.45, 2.75) is 83.3 Å². The van der Waals surface area contributed by atoms with Gasteiger partial charge in [-0.3, -0.25) is 9.59 Å². The van der Waals surface area contributed by atoms with E-state index in [4.69, 9.17) is 29.1 Å². The number of carboxylic acids is 1. The SMILES string of the molecule is CC1CCC2[C@@H](C)[C@@H](OC(=O)CCC(=O)O)O[C@@H]3O[C@]4(C)CCC1[C@@]23OO4. The van der Waals surface area contributed by atoms with Crippen molar-refractivity contribution in [1.29, 1.82) is 0 Å². The molecule has 0 aromatic carbocycles. The second-order valence-electron chi connectivity index (χ2n) is 8.66. The average Bonchev–Trinajstić information content (AvgIpc) is 2.84. The zero-order chi connectivity index (χ0) is 19.4. The molecule has 8 heteroatoms. The molecule has 3 unspecified atom stereocenters. The number of ether oxygens (including phenoxy) is 3. The molecule has 152 valence electrons. The number of hydrogen-bond acceptors (Lipinski definition) is 7. The molecular formula is C19H28O8. The molecule has 2 bridgehead atoms. The highest BCUT2D eigenvalue weighted by molar-refractivity contribution is 5.76. The van der Waals surface area contributed by atoms with E-state index >= 15 is 0 Å². The van der Waals surface area contributed by atoms with Crippen LogP contribution in [0.1, 0.15) is 59.3 Å². The Morgan fingerprint density at radius 3 is 2.63 bits per heavy atom. The lowest BCUT2D eigenvalue weighted by Crippen LogP contribution is -2.70. The summed E-state index contributed by atoms with van der Waals surface area (Å²) in [6.07, 6.45) is 1.72. The van der Waals surface area contributed by atoms with Crippen LogP contribution in [-0.4, -0.2) is 41.0 Å². The lowest BCUT2D eigenvalue weighted by atomic mass is 9.58. The molecule has 27 heavy (non-hydrogen) atoms. The fourth-order valence-electron chi connectivity index (χ4n) is 5.40. The zero-order valence-electron chi connectivity index (χ0n) is 16.0. The first-order valence-corrected chi connectivity index (χ1v) is 9.86. The smallest absolute Gasteiger partial charge is 0.308 e. The molecule has 4 heterocycles. The summed E-state index contributed by atoms with van der Waals surface area (Å²) in [5, 5.41) is 8.76. The number of hydrogen-bond donors (Lipinski definition) is 1. The van der Waals surface area contributed by atoms with E-state index in [0.29, 0.717) is 12.3 Å². The highest BCUT2D eigenvalue weighted by Gasteiger charge is 2.69. The fraction of sp³-hybridized carbons (Fsp3) is 0.895. The number of esters is 1. The number of fused-ring (bicyclic) bond motifs is 2. The fourth-order valence-corrected chi connectivity index (χ4v) is 5.40. The lowest BCUT2D eigenvalue weighted by Gasteiger charge is -2.59. The molecular weight excluding hydrogens is 356 g/mol. The van der Waals surface area contributed by atoms with Gasteiger partial charge in [0.05, 0.1) is 12.8 Å². The van der Waals surface area contributed by atoms with Gasteiger partial charge in [0.15, 0.2) is 11.9 Å². The van der Waals surface area contributed by atoms with Crippen LogP contribution in [0, 0.1) is 23.7 Å². The van der Waals surface area contributed by atoms with Gasteiger partial charge < -0.3 is 19.3 Å². The molecule has 5 rings (SSSR count). The van der Waals surface area contributed by atoms with Crippen molar-refractivity contribution in [3.05, 3.63) is 0 Å². The van der Waals surface area contributed by atoms with Gasteiger partial charge in [-0.25, -0.2) is 9.78 Å². The Morgan fingerprint density at radius 2 is 1.89 bits per heavy atom. The molecule has 4 saturated heterocycles. The van der Waals surface area contributed by atoms with Crippen LogP contribution in [0.2, 0.25) is 0 Å². The van der Waals surface area contributed by atoms with E-state index < -0.39 is 35.9 Å². The van der Waals surface area contributed by atoms with Gasteiger partial charge in [-0.2, -0.15) is 0 Å². The van der Waals surface area contributed by atoms with Crippen LogP contribution >= 0.6 is 0 Å². The maximum absolute atomic E-state index is 12.1. The minimum Gasteiger partial charge on any atom is -0.481 e. The Hall–Kier alpha value is -1.22. The Labute approximate surface area is 158 Å². The molecule has 1 spiro atoms. The van der Waals surface area contributed by atoms with Crippen LogP contribution in [0.15, 0.2) is 0 Å². The standard InChI is InChI=1S/C19H28O8/c1-10-4-5-13-11(2)16(23-15(22)7-6-14(20)21)24-17-19(13)12(10)8-9-18(3,25-17)26-27-19/h10-13,16-17H,4-9H2,1-3H3,(H,20,21)/t10?,11-,12?,13?,16+,17-,18+,19-/m1/s1. The summed E-state index contributed by atoms with van der Waals surface area (Å²) in [5.74, 6) is -1.82. The summed E-state index contributed by atoms with van der Waals surface area (Å²) >= 11 is 0. The van der Waals surface area contributed by atoms with E-state index in [-0.39, 0.29) is 30.6 Å². The third-order valence-corrected chi connectivity index (χ3v) is 6.89. The van der Waals surface area contributed by atoms with Gasteiger partial charge in [0, 0.05) is 18.3 Å². The van der Waals surface area contributed by atoms with Crippen LogP contribution in [0.25, 0.3) is 0 Å². The Morgan fingerprint density at radius 1 is 1.11 bits per heavy atom. The van der Waals surface area contributed by atoms with E-state index in [2.05, 4.69) is 6.92 Å². The third kappa shape index (κ3) is 3.06. The Kier molecular flexibility index (Phi) is 4.73. The molecule has 1 N–H and O–H groups in total. The second kappa shape index (κ2) is 6.69. The number of aliphatic carboxylic acids is 1. The highest BCUT2D eigenvalue weighted by Crippen LogP contribution is 2.60. The third-order valence-electron chi connectivity index (χ3n) is 6.89. The summed E-state index contributed by atoms with van der Waals surface area (Å²) in [6, 6.07) is 0. The van der Waals surface area contributed by atoms with Gasteiger partial charge >= 0.3 is 11.9 Å². The van der Waals surface area contributed by atoms with Crippen molar-refractivity contribution in [3.63, 3.8) is 0 Å². The van der Waals surface area contributed by atoms with E-state index in [9.17, 15) is 9.59 Å². The van der Waals surface area contributed by atoms with Crippen LogP contribution in [0.5, 0.6) is 0 Å². The van der Waals surface area contributed by atoms with Crippen molar-refractivity contribution in [1.82, 2.24) is 0 Å². The van der Waals surface area contributed by atoms with E-state index in [1.165, 1.54) is 0 Å². The molecule has 0 aromatic rings. The summed E-state index contributed by atoms with van der Waals surface area (Å²) in [4.78, 5) is 34.5. The minimum atomic E-state index is -1.03. The summed E-state index contributed by atoms with van der Waals surface area (Å²) in [5.41, 5.74) is -0.697. The van der Waals surface area contributed by atoms with Crippen LogP contribution < -0.4 is 0 Å². The number of rotatable bonds is 4.